The summed E-state index contributed by atoms with van der Waals surface area (Å²) in [6.45, 7) is 7.11. The second-order valence-electron chi connectivity index (χ2n) is 5.42. The second kappa shape index (κ2) is 3.55. The largest absolute Gasteiger partial charge is 0.101 e. The van der Waals surface area contributed by atoms with Gasteiger partial charge >= 0.3 is 0 Å². The van der Waals surface area contributed by atoms with Crippen molar-refractivity contribution in [3.05, 3.63) is 6.42 Å². The summed E-state index contributed by atoms with van der Waals surface area (Å²) in [4.78, 5) is 0. The van der Waals surface area contributed by atoms with Crippen molar-refractivity contribution in [1.82, 2.24) is 0 Å². The zero-order valence-electron chi connectivity index (χ0n) is 9.29. The van der Waals surface area contributed by atoms with Gasteiger partial charge in [0.2, 0.25) is 0 Å². The van der Waals surface area contributed by atoms with Crippen LogP contribution in [0.15, 0.2) is 0 Å². The molecule has 0 spiro atoms. The second-order valence-corrected chi connectivity index (χ2v) is 5.42. The predicted octanol–water partition coefficient (Wildman–Crippen LogP) is 3.92. The first-order chi connectivity index (χ1) is 6.22. The van der Waals surface area contributed by atoms with Gasteiger partial charge in [0.15, 0.2) is 0 Å². The number of rotatable bonds is 2. The fraction of sp³-hybridized carbons (Fsp3) is 0.923. The van der Waals surface area contributed by atoms with Crippen LogP contribution in [-0.4, -0.2) is 0 Å². The Hall–Kier alpha value is -0.130. The van der Waals surface area contributed by atoms with Gasteiger partial charge in [0.05, 0.1) is 13.3 Å². The molecule has 0 saturated heterocycles. The van der Waals surface area contributed by atoms with E-state index in [4.69, 9.17) is 0 Å². The first-order valence-electron chi connectivity index (χ1n) is 6.01. The average Bonchev–Trinajstić information content (AvgIpc) is 2.88. The van der Waals surface area contributed by atoms with Crippen molar-refractivity contribution in [3.63, 3.8) is 0 Å². The lowest BCUT2D eigenvalue weighted by atomic mass is 9.74. The van der Waals surface area contributed by atoms with Crippen molar-refractivity contribution in [2.45, 2.75) is 46.5 Å². The van der Waals surface area contributed by atoms with Crippen LogP contribution in [0.1, 0.15) is 46.5 Å². The molecular weight excluding hydrogens is 156 g/mol. The van der Waals surface area contributed by atoms with E-state index in [1.165, 1.54) is 25.7 Å². The lowest BCUT2D eigenvalue weighted by molar-refractivity contribution is 0.188. The summed E-state index contributed by atoms with van der Waals surface area (Å²) in [6, 6.07) is 0. The Kier molecular flexibility index (Phi) is 2.58. The summed E-state index contributed by atoms with van der Waals surface area (Å²) in [5, 5.41) is 0. The molecule has 2 fully saturated rings. The van der Waals surface area contributed by atoms with Crippen LogP contribution in [0, 0.1) is 36.0 Å². The van der Waals surface area contributed by atoms with E-state index in [9.17, 15) is 0 Å². The highest BCUT2D eigenvalue weighted by atomic mass is 14.5. The monoisotopic (exact) mass is 179 g/mol. The Morgan fingerprint density at radius 3 is 2.31 bits per heavy atom. The molecule has 0 radical (unpaired) electrons. The smallest absolute Gasteiger partial charge is 0.0623 e. The third-order valence-corrected chi connectivity index (χ3v) is 4.56. The van der Waals surface area contributed by atoms with Gasteiger partial charge in [0, 0.05) is 5.92 Å². The molecule has 2 aliphatic carbocycles. The summed E-state index contributed by atoms with van der Waals surface area (Å²) in [5.41, 5.74) is 0. The third-order valence-electron chi connectivity index (χ3n) is 4.56. The number of hydrogen-bond donors (Lipinski definition) is 0. The van der Waals surface area contributed by atoms with Crippen molar-refractivity contribution in [2.24, 2.45) is 29.6 Å². The summed E-state index contributed by atoms with van der Waals surface area (Å²) in [5.74, 6) is 5.12. The molecule has 0 bridgehead atoms. The van der Waals surface area contributed by atoms with Crippen LogP contribution in [0.5, 0.6) is 0 Å². The van der Waals surface area contributed by atoms with Crippen molar-refractivity contribution in [1.29, 1.82) is 0 Å². The highest BCUT2D eigenvalue weighted by molar-refractivity contribution is 4.98. The van der Waals surface area contributed by atoms with Crippen molar-refractivity contribution < 1.29 is 0 Å². The van der Waals surface area contributed by atoms with Crippen molar-refractivity contribution in [2.75, 3.05) is 0 Å². The quantitative estimate of drug-likeness (QED) is 0.564. The maximum absolute atomic E-state index is 2.45. The van der Waals surface area contributed by atoms with Gasteiger partial charge in [-0.15, -0.1) is 0 Å². The standard InChI is InChI=1S/C13H23/c1-4-11-8-13(11)12-6-5-9(2)10(3)7-12/h4,9-13H,5-8H2,1-3H3/q+1. The molecule has 2 rings (SSSR count). The minimum absolute atomic E-state index is 0.983. The zero-order chi connectivity index (χ0) is 9.42. The predicted molar refractivity (Wildman–Crippen MR) is 57.2 cm³/mol. The Bertz CT molecular complexity index is 173. The average molecular weight is 179 g/mol. The molecule has 0 aromatic heterocycles. The molecule has 0 N–H and O–H groups in total. The van der Waals surface area contributed by atoms with E-state index in [1.807, 2.05) is 0 Å². The van der Waals surface area contributed by atoms with E-state index in [-0.39, 0.29) is 0 Å². The van der Waals surface area contributed by atoms with Crippen molar-refractivity contribution in [3.8, 4) is 0 Å². The van der Waals surface area contributed by atoms with E-state index < -0.39 is 0 Å². The third kappa shape index (κ3) is 1.87. The lowest BCUT2D eigenvalue weighted by Gasteiger charge is -2.31. The minimum Gasteiger partial charge on any atom is -0.0623 e. The van der Waals surface area contributed by atoms with Gasteiger partial charge < -0.3 is 0 Å². The summed E-state index contributed by atoms with van der Waals surface area (Å²) in [6.07, 6.45) is 8.44. The fourth-order valence-corrected chi connectivity index (χ4v) is 3.14. The van der Waals surface area contributed by atoms with E-state index >= 15 is 0 Å². The van der Waals surface area contributed by atoms with E-state index in [0.29, 0.717) is 0 Å². The molecule has 13 heavy (non-hydrogen) atoms. The Labute approximate surface area is 83.1 Å². The molecule has 5 atom stereocenters. The van der Waals surface area contributed by atoms with Crippen LogP contribution in [0.3, 0.4) is 0 Å². The van der Waals surface area contributed by atoms with Gasteiger partial charge in [0.25, 0.3) is 0 Å². The summed E-state index contributed by atoms with van der Waals surface area (Å²) in [7, 11) is 0. The molecule has 0 amide bonds. The molecule has 0 nitrogen and oxygen atoms in total. The number of hydrogen-bond acceptors (Lipinski definition) is 0. The van der Waals surface area contributed by atoms with Crippen LogP contribution in [0.25, 0.3) is 0 Å². The maximum Gasteiger partial charge on any atom is 0.101 e. The molecule has 74 valence electrons. The van der Waals surface area contributed by atoms with E-state index in [0.717, 1.165) is 29.6 Å². The molecule has 0 heteroatoms. The normalized spacial score (nSPS) is 50.2. The van der Waals surface area contributed by atoms with E-state index in [1.54, 1.807) is 0 Å². The molecule has 2 aliphatic rings. The van der Waals surface area contributed by atoms with Crippen LogP contribution in [0.4, 0.5) is 0 Å². The minimum atomic E-state index is 0.983. The zero-order valence-corrected chi connectivity index (χ0v) is 9.29. The molecule has 0 heterocycles. The van der Waals surface area contributed by atoms with Crippen LogP contribution >= 0.6 is 0 Å². The van der Waals surface area contributed by atoms with Gasteiger partial charge in [-0.05, 0) is 37.0 Å². The molecule has 5 unspecified atom stereocenters. The molecule has 0 aromatic carbocycles. The molecular formula is C13H23+. The van der Waals surface area contributed by atoms with Crippen LogP contribution in [0.2, 0.25) is 0 Å². The van der Waals surface area contributed by atoms with E-state index in [2.05, 4.69) is 27.2 Å². The molecule has 0 aliphatic heterocycles. The first-order valence-corrected chi connectivity index (χ1v) is 6.01. The van der Waals surface area contributed by atoms with Gasteiger partial charge in [-0.3, -0.25) is 0 Å². The Balaban J connectivity index is 1.83. The fourth-order valence-electron chi connectivity index (χ4n) is 3.14. The van der Waals surface area contributed by atoms with Gasteiger partial charge in [-0.2, -0.15) is 0 Å². The van der Waals surface area contributed by atoms with Crippen LogP contribution < -0.4 is 0 Å². The highest BCUT2D eigenvalue weighted by Crippen LogP contribution is 2.52. The van der Waals surface area contributed by atoms with Crippen molar-refractivity contribution >= 4 is 0 Å². The topological polar surface area (TPSA) is 0 Å². The van der Waals surface area contributed by atoms with Gasteiger partial charge in [-0.1, -0.05) is 20.3 Å². The summed E-state index contributed by atoms with van der Waals surface area (Å²) >= 11 is 0. The Morgan fingerprint density at radius 2 is 1.77 bits per heavy atom. The van der Waals surface area contributed by atoms with Gasteiger partial charge in [0.1, 0.15) is 5.92 Å². The van der Waals surface area contributed by atoms with Crippen LogP contribution in [-0.2, 0) is 0 Å². The molecule has 2 saturated carbocycles. The SMILES string of the molecule is C[CH+]C1CC1C1CCC(C)C(C)C1. The lowest BCUT2D eigenvalue weighted by Crippen LogP contribution is -2.22. The Morgan fingerprint density at radius 1 is 1.00 bits per heavy atom. The maximum atomic E-state index is 2.45. The first kappa shape index (κ1) is 9.43. The highest BCUT2D eigenvalue weighted by Gasteiger charge is 2.48. The molecule has 0 aromatic rings. The van der Waals surface area contributed by atoms with Gasteiger partial charge in [-0.25, -0.2) is 0 Å². The summed E-state index contributed by atoms with van der Waals surface area (Å²) < 4.78 is 0.